The van der Waals surface area contributed by atoms with E-state index in [2.05, 4.69) is 31.6 Å². The molecule has 2 aromatic carbocycles. The van der Waals surface area contributed by atoms with Gasteiger partial charge >= 0.3 is 0 Å². The van der Waals surface area contributed by atoms with Gasteiger partial charge in [-0.25, -0.2) is 0 Å². The zero-order valence-electron chi connectivity index (χ0n) is 19.3. The minimum Gasteiger partial charge on any atom is -0.352 e. The first-order valence-electron chi connectivity index (χ1n) is 12.3. The highest BCUT2D eigenvalue weighted by Crippen LogP contribution is 2.52. The van der Waals surface area contributed by atoms with Crippen LogP contribution in [0.15, 0.2) is 64.2 Å². The lowest BCUT2D eigenvalue weighted by molar-refractivity contribution is -0.124. The Bertz CT molecular complexity index is 1070. The number of halogens is 1. The summed E-state index contributed by atoms with van der Waals surface area (Å²) in [7, 11) is 0. The van der Waals surface area contributed by atoms with Crippen molar-refractivity contribution in [2.45, 2.75) is 69.6 Å². The van der Waals surface area contributed by atoms with Crippen LogP contribution in [0.3, 0.4) is 0 Å². The molecule has 1 spiro atoms. The van der Waals surface area contributed by atoms with Gasteiger partial charge in [0.15, 0.2) is 0 Å². The molecule has 2 heterocycles. The van der Waals surface area contributed by atoms with E-state index in [1.807, 2.05) is 54.6 Å². The van der Waals surface area contributed by atoms with Gasteiger partial charge in [-0.1, -0.05) is 64.8 Å². The first-order chi connectivity index (χ1) is 16.5. The highest BCUT2D eigenvalue weighted by atomic mass is 79.9. The normalized spacial score (nSPS) is 25.3. The average Bonchev–Trinajstić information content (AvgIpc) is 3.40. The van der Waals surface area contributed by atoms with E-state index < -0.39 is 0 Å². The first kappa shape index (κ1) is 23.1. The standard InChI is InChI=1S/C27H31BrN4O2/c28-21-12-10-20(11-13-21)18-30-26(34)25-23-9-5-15-27(23)14-4-8-22(32(27)31-25)16-24(33)29-17-19-6-2-1-3-7-19/h1-3,6-7,10-13,22-23H,4-5,8-9,14-18H2,(H,29,33)(H,30,34)/t22-,23-,27-/m1/s1. The Kier molecular flexibility index (Phi) is 6.73. The molecule has 0 aromatic heterocycles. The maximum absolute atomic E-state index is 13.2. The van der Waals surface area contributed by atoms with Gasteiger partial charge in [0.2, 0.25) is 5.91 Å². The zero-order valence-corrected chi connectivity index (χ0v) is 20.9. The number of carbonyl (C=O) groups is 2. The third-order valence-corrected chi connectivity index (χ3v) is 8.13. The summed E-state index contributed by atoms with van der Waals surface area (Å²) >= 11 is 3.45. The van der Waals surface area contributed by atoms with Crippen molar-refractivity contribution in [1.82, 2.24) is 15.6 Å². The van der Waals surface area contributed by atoms with Crippen molar-refractivity contribution in [2.75, 3.05) is 0 Å². The molecule has 2 fully saturated rings. The second-order valence-corrected chi connectivity index (χ2v) is 10.6. The van der Waals surface area contributed by atoms with Crippen molar-refractivity contribution in [1.29, 1.82) is 0 Å². The van der Waals surface area contributed by atoms with Gasteiger partial charge in [0.05, 0.1) is 11.6 Å². The van der Waals surface area contributed by atoms with Gasteiger partial charge in [0.25, 0.3) is 5.91 Å². The number of benzene rings is 2. The van der Waals surface area contributed by atoms with Gasteiger partial charge < -0.3 is 10.6 Å². The maximum atomic E-state index is 13.2. The summed E-state index contributed by atoms with van der Waals surface area (Å²) in [6, 6.07) is 18.0. The number of nitrogens with zero attached hydrogens (tertiary/aromatic N) is 2. The molecule has 7 heteroatoms. The predicted molar refractivity (Wildman–Crippen MR) is 136 cm³/mol. The molecule has 1 aliphatic carbocycles. The smallest absolute Gasteiger partial charge is 0.268 e. The quantitative estimate of drug-likeness (QED) is 0.560. The molecule has 0 bridgehead atoms. The SMILES string of the molecule is O=C(C[C@H]1CCC[C@@]23CCC[C@@H]2C(C(=O)NCc2ccc(Br)cc2)=NN13)NCc1ccccc1. The summed E-state index contributed by atoms with van der Waals surface area (Å²) in [5.74, 6) is 0.132. The van der Waals surface area contributed by atoms with E-state index in [1.54, 1.807) is 0 Å². The lowest BCUT2D eigenvalue weighted by atomic mass is 9.76. The summed E-state index contributed by atoms with van der Waals surface area (Å²) in [4.78, 5) is 26.0. The number of carbonyl (C=O) groups excluding carboxylic acids is 2. The topological polar surface area (TPSA) is 73.8 Å². The van der Waals surface area contributed by atoms with Crippen LogP contribution >= 0.6 is 15.9 Å². The molecule has 1 saturated carbocycles. The summed E-state index contributed by atoms with van der Waals surface area (Å²) < 4.78 is 1.02. The fraction of sp³-hybridized carbons (Fsp3) is 0.444. The molecule has 2 N–H and O–H groups in total. The lowest BCUT2D eigenvalue weighted by Gasteiger charge is -2.46. The number of rotatable bonds is 7. The van der Waals surface area contributed by atoms with Gasteiger partial charge in [0.1, 0.15) is 5.71 Å². The Morgan fingerprint density at radius 3 is 2.38 bits per heavy atom. The minimum atomic E-state index is -0.0904. The number of hydrogen-bond acceptors (Lipinski definition) is 4. The van der Waals surface area contributed by atoms with Crippen molar-refractivity contribution >= 4 is 33.5 Å². The molecule has 6 nitrogen and oxygen atoms in total. The molecular formula is C27H31BrN4O2. The fourth-order valence-electron chi connectivity index (χ4n) is 5.98. The third-order valence-electron chi connectivity index (χ3n) is 7.60. The van der Waals surface area contributed by atoms with Crippen LogP contribution in [-0.2, 0) is 22.7 Å². The molecule has 34 heavy (non-hydrogen) atoms. The molecule has 2 amide bonds. The van der Waals surface area contributed by atoms with Gasteiger partial charge in [-0.2, -0.15) is 5.10 Å². The van der Waals surface area contributed by atoms with Gasteiger partial charge in [0, 0.05) is 29.9 Å². The highest BCUT2D eigenvalue weighted by Gasteiger charge is 2.58. The van der Waals surface area contributed by atoms with Crippen molar-refractivity contribution in [3.63, 3.8) is 0 Å². The summed E-state index contributed by atoms with van der Waals surface area (Å²) in [6.07, 6.45) is 6.62. The van der Waals surface area contributed by atoms with Crippen LogP contribution in [0.1, 0.15) is 56.1 Å². The van der Waals surface area contributed by atoms with Crippen molar-refractivity contribution in [3.8, 4) is 0 Å². The van der Waals surface area contributed by atoms with Crippen LogP contribution in [0.2, 0.25) is 0 Å². The van der Waals surface area contributed by atoms with Crippen molar-refractivity contribution in [2.24, 2.45) is 11.0 Å². The molecule has 1 saturated heterocycles. The van der Waals surface area contributed by atoms with Gasteiger partial charge in [-0.05, 0) is 55.4 Å². The van der Waals surface area contributed by atoms with Crippen LogP contribution in [0, 0.1) is 5.92 Å². The Hall–Kier alpha value is -2.67. The van der Waals surface area contributed by atoms with E-state index in [1.165, 1.54) is 0 Å². The van der Waals surface area contributed by atoms with Crippen molar-refractivity contribution in [3.05, 3.63) is 70.2 Å². The predicted octanol–water partition coefficient (Wildman–Crippen LogP) is 4.53. The second kappa shape index (κ2) is 9.90. The highest BCUT2D eigenvalue weighted by molar-refractivity contribution is 9.10. The van der Waals surface area contributed by atoms with Crippen LogP contribution in [-0.4, -0.2) is 34.1 Å². The Balaban J connectivity index is 1.26. The number of hydrazone groups is 1. The molecule has 0 unspecified atom stereocenters. The monoisotopic (exact) mass is 522 g/mol. The molecule has 3 aliphatic rings. The Morgan fingerprint density at radius 2 is 1.62 bits per heavy atom. The van der Waals surface area contributed by atoms with Crippen LogP contribution in [0.25, 0.3) is 0 Å². The molecular weight excluding hydrogens is 492 g/mol. The van der Waals surface area contributed by atoms with Crippen LogP contribution in [0.4, 0.5) is 0 Å². The van der Waals surface area contributed by atoms with E-state index in [-0.39, 0.29) is 29.3 Å². The third kappa shape index (κ3) is 4.63. The Morgan fingerprint density at radius 1 is 0.941 bits per heavy atom. The fourth-order valence-corrected chi connectivity index (χ4v) is 6.25. The minimum absolute atomic E-state index is 0.0434. The van der Waals surface area contributed by atoms with Crippen LogP contribution in [0.5, 0.6) is 0 Å². The Labute approximate surface area is 209 Å². The first-order valence-corrected chi connectivity index (χ1v) is 13.1. The number of piperidine rings is 1. The lowest BCUT2D eigenvalue weighted by Crippen LogP contribution is -2.54. The molecule has 5 rings (SSSR count). The average molecular weight is 523 g/mol. The number of hydrogen-bond donors (Lipinski definition) is 2. The summed E-state index contributed by atoms with van der Waals surface area (Å²) in [5.41, 5.74) is 2.72. The van der Waals surface area contributed by atoms with E-state index in [0.717, 1.165) is 54.1 Å². The summed E-state index contributed by atoms with van der Waals surface area (Å²) in [5, 5.41) is 13.2. The summed E-state index contributed by atoms with van der Waals surface area (Å²) in [6.45, 7) is 1.02. The zero-order chi connectivity index (χ0) is 23.5. The molecule has 3 atom stereocenters. The van der Waals surface area contributed by atoms with E-state index in [9.17, 15) is 9.59 Å². The number of amides is 2. The second-order valence-electron chi connectivity index (χ2n) is 9.70. The van der Waals surface area contributed by atoms with Crippen LogP contribution < -0.4 is 10.6 Å². The van der Waals surface area contributed by atoms with Gasteiger partial charge in [-0.15, -0.1) is 0 Å². The molecule has 0 radical (unpaired) electrons. The molecule has 2 aromatic rings. The molecule has 178 valence electrons. The number of nitrogens with one attached hydrogen (secondary N) is 2. The van der Waals surface area contributed by atoms with E-state index >= 15 is 0 Å². The van der Waals surface area contributed by atoms with Crippen molar-refractivity contribution < 1.29 is 9.59 Å². The van der Waals surface area contributed by atoms with Gasteiger partial charge in [-0.3, -0.25) is 14.6 Å². The maximum Gasteiger partial charge on any atom is 0.268 e. The molecule has 2 aliphatic heterocycles. The largest absolute Gasteiger partial charge is 0.352 e. The van der Waals surface area contributed by atoms with E-state index in [0.29, 0.717) is 25.2 Å². The van der Waals surface area contributed by atoms with E-state index in [4.69, 9.17) is 5.10 Å².